The second kappa shape index (κ2) is 4.73. The van der Waals surface area contributed by atoms with E-state index in [-0.39, 0.29) is 0 Å². The molecule has 0 saturated carbocycles. The molecule has 0 fully saturated rings. The monoisotopic (exact) mass is 184 g/mol. The van der Waals surface area contributed by atoms with E-state index in [4.69, 9.17) is 16.3 Å². The standard InChI is InChI=1S/C5H13OPS2/c1-3-4-5-6-7(2,8)9/h3-5H2,1-2H3,(H,8,9). The average molecular weight is 184 g/mol. The predicted molar refractivity (Wildman–Crippen MR) is 50.1 cm³/mol. The van der Waals surface area contributed by atoms with E-state index in [2.05, 4.69) is 19.2 Å². The van der Waals surface area contributed by atoms with Crippen LogP contribution in [0.1, 0.15) is 19.8 Å². The Morgan fingerprint density at radius 2 is 2.22 bits per heavy atom. The van der Waals surface area contributed by atoms with Crippen molar-refractivity contribution in [3.63, 3.8) is 0 Å². The molecule has 0 spiro atoms. The maximum absolute atomic E-state index is 5.26. The SMILES string of the molecule is CCCCOP(C)(=S)S. The lowest BCUT2D eigenvalue weighted by Gasteiger charge is -2.08. The minimum Gasteiger partial charge on any atom is -0.342 e. The van der Waals surface area contributed by atoms with E-state index in [9.17, 15) is 0 Å². The summed E-state index contributed by atoms with van der Waals surface area (Å²) in [5.74, 6) is 0. The lowest BCUT2D eigenvalue weighted by atomic mass is 10.4. The van der Waals surface area contributed by atoms with Crippen molar-refractivity contribution >= 4 is 29.5 Å². The maximum atomic E-state index is 5.26. The number of hydrogen-bond donors (Lipinski definition) is 1. The van der Waals surface area contributed by atoms with Crippen LogP contribution in [0, 0.1) is 0 Å². The Kier molecular flexibility index (Phi) is 5.23. The molecule has 9 heavy (non-hydrogen) atoms. The van der Waals surface area contributed by atoms with Gasteiger partial charge in [0.2, 0.25) is 0 Å². The van der Waals surface area contributed by atoms with Crippen LogP contribution in [0.5, 0.6) is 0 Å². The van der Waals surface area contributed by atoms with Crippen LogP contribution in [0.25, 0.3) is 0 Å². The van der Waals surface area contributed by atoms with Gasteiger partial charge in [0.05, 0.1) is 6.61 Å². The Hall–Kier alpha value is 0.960. The molecule has 0 aliphatic rings. The van der Waals surface area contributed by atoms with Crippen molar-refractivity contribution in [2.24, 2.45) is 0 Å². The van der Waals surface area contributed by atoms with Crippen LogP contribution in [0.4, 0.5) is 0 Å². The molecule has 1 atom stereocenters. The highest BCUT2D eigenvalue weighted by Crippen LogP contribution is 2.47. The minimum absolute atomic E-state index is 0.772. The highest BCUT2D eigenvalue weighted by Gasteiger charge is 2.00. The Balaban J connectivity index is 3.18. The average Bonchev–Trinajstić information content (AvgIpc) is 1.63. The van der Waals surface area contributed by atoms with Crippen molar-refractivity contribution < 1.29 is 4.52 Å². The molecule has 0 aliphatic heterocycles. The molecule has 0 amide bonds. The lowest BCUT2D eigenvalue weighted by molar-refractivity contribution is 0.350. The maximum Gasteiger partial charge on any atom is 0.113 e. The number of hydrogen-bond acceptors (Lipinski definition) is 2. The second-order valence-electron chi connectivity index (χ2n) is 1.99. The summed E-state index contributed by atoms with van der Waals surface area (Å²) < 4.78 is 5.26. The zero-order valence-electron chi connectivity index (χ0n) is 5.83. The van der Waals surface area contributed by atoms with Gasteiger partial charge in [0.25, 0.3) is 0 Å². The van der Waals surface area contributed by atoms with E-state index < -0.39 is 5.47 Å². The molecule has 4 heteroatoms. The van der Waals surface area contributed by atoms with Gasteiger partial charge in [-0.3, -0.25) is 0 Å². The van der Waals surface area contributed by atoms with Gasteiger partial charge in [-0.1, -0.05) is 25.2 Å². The molecule has 0 aromatic carbocycles. The molecule has 0 radical (unpaired) electrons. The van der Waals surface area contributed by atoms with Crippen LogP contribution >= 0.6 is 17.7 Å². The van der Waals surface area contributed by atoms with Crippen LogP contribution in [-0.4, -0.2) is 13.3 Å². The molecule has 0 aromatic heterocycles. The van der Waals surface area contributed by atoms with Gasteiger partial charge < -0.3 is 4.52 Å². The Bertz CT molecular complexity index is 110. The zero-order chi connectivity index (χ0) is 7.33. The number of thiol groups is 1. The van der Waals surface area contributed by atoms with Gasteiger partial charge in [0.1, 0.15) is 5.47 Å². The Labute approximate surface area is 67.4 Å². The van der Waals surface area contributed by atoms with E-state index in [1.807, 2.05) is 6.66 Å². The third-order valence-corrected chi connectivity index (χ3v) is 2.15. The fourth-order valence-corrected chi connectivity index (χ4v) is 1.31. The highest BCUT2D eigenvalue weighted by atomic mass is 32.9. The molecule has 0 aliphatic carbocycles. The molecule has 1 unspecified atom stereocenters. The van der Waals surface area contributed by atoms with E-state index >= 15 is 0 Å². The van der Waals surface area contributed by atoms with E-state index in [0.717, 1.165) is 19.4 Å². The van der Waals surface area contributed by atoms with Gasteiger partial charge in [-0.2, -0.15) is 0 Å². The topological polar surface area (TPSA) is 9.23 Å². The van der Waals surface area contributed by atoms with Gasteiger partial charge in [-0.15, -0.1) is 12.2 Å². The quantitative estimate of drug-likeness (QED) is 0.408. The molecule has 56 valence electrons. The van der Waals surface area contributed by atoms with Crippen molar-refractivity contribution in [3.8, 4) is 0 Å². The summed E-state index contributed by atoms with van der Waals surface area (Å²) in [5.41, 5.74) is -1.67. The van der Waals surface area contributed by atoms with Crippen molar-refractivity contribution in [2.75, 3.05) is 13.3 Å². The minimum atomic E-state index is -1.67. The largest absolute Gasteiger partial charge is 0.342 e. The van der Waals surface area contributed by atoms with E-state index in [0.29, 0.717) is 0 Å². The van der Waals surface area contributed by atoms with Gasteiger partial charge in [-0.25, -0.2) is 0 Å². The van der Waals surface area contributed by atoms with Crippen LogP contribution in [0.15, 0.2) is 0 Å². The van der Waals surface area contributed by atoms with E-state index in [1.165, 1.54) is 0 Å². The van der Waals surface area contributed by atoms with Gasteiger partial charge in [0.15, 0.2) is 0 Å². The van der Waals surface area contributed by atoms with Crippen molar-refractivity contribution in [1.82, 2.24) is 0 Å². The Morgan fingerprint density at radius 1 is 1.67 bits per heavy atom. The molecule has 0 rings (SSSR count). The molecule has 0 N–H and O–H groups in total. The summed E-state index contributed by atoms with van der Waals surface area (Å²) in [6, 6.07) is 0. The first-order valence-corrected chi connectivity index (χ1v) is 7.33. The lowest BCUT2D eigenvalue weighted by Crippen LogP contribution is -1.86. The Morgan fingerprint density at radius 3 is 2.56 bits per heavy atom. The first kappa shape index (κ1) is 9.96. The van der Waals surface area contributed by atoms with Gasteiger partial charge in [-0.05, 0) is 13.1 Å². The summed E-state index contributed by atoms with van der Waals surface area (Å²) in [6.07, 6.45) is 2.25. The summed E-state index contributed by atoms with van der Waals surface area (Å²) in [6.45, 7) is 4.77. The third-order valence-electron chi connectivity index (χ3n) is 0.829. The molecule has 0 saturated heterocycles. The normalized spacial score (nSPS) is 17.2. The molecule has 0 aromatic rings. The summed E-state index contributed by atoms with van der Waals surface area (Å²) in [7, 11) is 0. The molecule has 0 heterocycles. The molecular formula is C5H13OPS2. The fourth-order valence-electron chi connectivity index (χ4n) is 0.378. The van der Waals surface area contributed by atoms with Gasteiger partial charge in [0, 0.05) is 0 Å². The van der Waals surface area contributed by atoms with Crippen molar-refractivity contribution in [1.29, 1.82) is 0 Å². The van der Waals surface area contributed by atoms with Crippen LogP contribution in [0.3, 0.4) is 0 Å². The highest BCUT2D eigenvalue weighted by molar-refractivity contribution is 8.61. The first-order valence-electron chi connectivity index (χ1n) is 3.01. The third kappa shape index (κ3) is 8.96. The van der Waals surface area contributed by atoms with Crippen molar-refractivity contribution in [2.45, 2.75) is 19.8 Å². The second-order valence-corrected chi connectivity index (χ2v) is 9.05. The van der Waals surface area contributed by atoms with Crippen LogP contribution in [-0.2, 0) is 16.3 Å². The summed E-state index contributed by atoms with van der Waals surface area (Å²) in [5, 5.41) is 0. The molecular weight excluding hydrogens is 171 g/mol. The zero-order valence-corrected chi connectivity index (χ0v) is 8.44. The fraction of sp³-hybridized carbons (Fsp3) is 1.00. The summed E-state index contributed by atoms with van der Waals surface area (Å²) >= 11 is 9.08. The van der Waals surface area contributed by atoms with Gasteiger partial charge >= 0.3 is 0 Å². The predicted octanol–water partition coefficient (Wildman–Crippen LogP) is 2.67. The molecule has 0 bridgehead atoms. The summed E-state index contributed by atoms with van der Waals surface area (Å²) in [4.78, 5) is 0. The molecule has 1 nitrogen and oxygen atoms in total. The smallest absolute Gasteiger partial charge is 0.113 e. The van der Waals surface area contributed by atoms with Crippen LogP contribution in [0.2, 0.25) is 0 Å². The van der Waals surface area contributed by atoms with Crippen LogP contribution < -0.4 is 0 Å². The number of rotatable bonds is 4. The van der Waals surface area contributed by atoms with E-state index in [1.54, 1.807) is 0 Å². The number of unbranched alkanes of at least 4 members (excludes halogenated alkanes) is 1. The van der Waals surface area contributed by atoms with Crippen molar-refractivity contribution in [3.05, 3.63) is 0 Å². The first-order chi connectivity index (χ1) is 4.06.